The molecule has 0 spiro atoms. The minimum absolute atomic E-state index is 0.452. The Hall–Kier alpha value is -1.53. The minimum Gasteiger partial charge on any atom is -0.475 e. The molecule has 1 N–H and O–H groups in total. The van der Waals surface area contributed by atoms with Crippen LogP contribution in [-0.2, 0) is 4.74 Å². The van der Waals surface area contributed by atoms with Crippen LogP contribution in [0.3, 0.4) is 0 Å². The Balaban J connectivity index is 1.60. The van der Waals surface area contributed by atoms with Gasteiger partial charge in [-0.3, -0.25) is 4.99 Å². The molecule has 128 valence electrons. The van der Waals surface area contributed by atoms with Gasteiger partial charge in [-0.1, -0.05) is 11.6 Å². The Morgan fingerprint density at radius 1 is 1.48 bits per heavy atom. The van der Waals surface area contributed by atoms with Gasteiger partial charge in [0.2, 0.25) is 5.88 Å². The van der Waals surface area contributed by atoms with Crippen molar-refractivity contribution in [3.05, 3.63) is 23.4 Å². The smallest absolute Gasteiger partial charge is 0.232 e. The fourth-order valence-electron chi connectivity index (χ4n) is 2.01. The molecule has 0 atom stereocenters. The van der Waals surface area contributed by atoms with E-state index in [1.165, 1.54) is 12.8 Å². The maximum Gasteiger partial charge on any atom is 0.232 e. The van der Waals surface area contributed by atoms with Crippen molar-refractivity contribution < 1.29 is 9.47 Å². The van der Waals surface area contributed by atoms with Crippen LogP contribution in [0, 0.1) is 5.92 Å². The molecule has 2 rings (SSSR count). The second-order valence-corrected chi connectivity index (χ2v) is 5.96. The van der Waals surface area contributed by atoms with Crippen molar-refractivity contribution in [2.45, 2.75) is 12.8 Å². The zero-order chi connectivity index (χ0) is 16.5. The molecule has 0 unspecified atom stereocenters. The van der Waals surface area contributed by atoms with Crippen LogP contribution in [0.5, 0.6) is 5.88 Å². The number of aliphatic imine (C=N–C) groups is 1. The Kier molecular flexibility index (Phi) is 7.42. The summed E-state index contributed by atoms with van der Waals surface area (Å²) in [5.74, 6) is 2.07. The van der Waals surface area contributed by atoms with E-state index in [0.29, 0.717) is 30.7 Å². The average Bonchev–Trinajstić information content (AvgIpc) is 3.37. The van der Waals surface area contributed by atoms with Crippen molar-refractivity contribution >= 4 is 17.6 Å². The highest BCUT2D eigenvalue weighted by molar-refractivity contribution is 6.31. The van der Waals surface area contributed by atoms with Gasteiger partial charge in [0.25, 0.3) is 0 Å². The predicted octanol–water partition coefficient (Wildman–Crippen LogP) is 2.05. The van der Waals surface area contributed by atoms with E-state index in [0.717, 1.165) is 25.0 Å². The fourth-order valence-corrected chi connectivity index (χ4v) is 2.19. The molecule has 1 aliphatic carbocycles. The van der Waals surface area contributed by atoms with E-state index < -0.39 is 0 Å². The molecule has 1 fully saturated rings. The first-order valence-corrected chi connectivity index (χ1v) is 8.31. The van der Waals surface area contributed by atoms with E-state index in [1.54, 1.807) is 25.4 Å². The van der Waals surface area contributed by atoms with Gasteiger partial charge in [0.1, 0.15) is 11.6 Å². The van der Waals surface area contributed by atoms with Gasteiger partial charge >= 0.3 is 0 Å². The number of nitrogens with one attached hydrogen (secondary N) is 1. The van der Waals surface area contributed by atoms with Crippen molar-refractivity contribution in [1.29, 1.82) is 0 Å². The Morgan fingerprint density at radius 3 is 3.00 bits per heavy atom. The number of hydrogen-bond acceptors (Lipinski definition) is 4. The molecule has 23 heavy (non-hydrogen) atoms. The molecule has 1 aliphatic rings. The first kappa shape index (κ1) is 17.8. The van der Waals surface area contributed by atoms with Crippen molar-refractivity contribution in [2.24, 2.45) is 10.9 Å². The normalized spacial score (nSPS) is 14.7. The summed E-state index contributed by atoms with van der Waals surface area (Å²) in [6, 6.07) is 3.53. The summed E-state index contributed by atoms with van der Waals surface area (Å²) in [5, 5.41) is 3.76. The van der Waals surface area contributed by atoms with E-state index in [2.05, 4.69) is 15.3 Å². The summed E-state index contributed by atoms with van der Waals surface area (Å²) in [7, 11) is 3.76. The molecule has 0 aromatic carbocycles. The SMILES string of the molecule is CN=C(NCCOc1ncccc1Cl)N(C)CCOCC1CC1. The number of likely N-dealkylation sites (N-methyl/N-ethyl adjacent to an activating group) is 1. The maximum absolute atomic E-state index is 5.99. The number of aromatic nitrogens is 1. The average molecular weight is 341 g/mol. The van der Waals surface area contributed by atoms with E-state index in [4.69, 9.17) is 21.1 Å². The first-order valence-electron chi connectivity index (χ1n) is 7.93. The van der Waals surface area contributed by atoms with Crippen molar-refractivity contribution in [1.82, 2.24) is 15.2 Å². The molecule has 0 saturated heterocycles. The van der Waals surface area contributed by atoms with Gasteiger partial charge in [0.05, 0.1) is 13.2 Å². The number of hydrogen-bond donors (Lipinski definition) is 1. The number of halogens is 1. The van der Waals surface area contributed by atoms with Gasteiger partial charge < -0.3 is 19.7 Å². The van der Waals surface area contributed by atoms with Crippen LogP contribution < -0.4 is 10.1 Å². The molecular formula is C16H25ClN4O2. The number of rotatable bonds is 9. The molecule has 0 bridgehead atoms. The second-order valence-electron chi connectivity index (χ2n) is 5.55. The molecular weight excluding hydrogens is 316 g/mol. The largest absolute Gasteiger partial charge is 0.475 e. The summed E-state index contributed by atoms with van der Waals surface area (Å²) >= 11 is 5.99. The van der Waals surface area contributed by atoms with Crippen molar-refractivity contribution in [2.75, 3.05) is 47.0 Å². The highest BCUT2D eigenvalue weighted by Gasteiger charge is 2.21. The van der Waals surface area contributed by atoms with E-state index in [-0.39, 0.29) is 0 Å². The van der Waals surface area contributed by atoms with Crippen LogP contribution in [0.15, 0.2) is 23.3 Å². The highest BCUT2D eigenvalue weighted by Crippen LogP contribution is 2.28. The van der Waals surface area contributed by atoms with E-state index in [9.17, 15) is 0 Å². The number of nitrogens with zero attached hydrogens (tertiary/aromatic N) is 3. The van der Waals surface area contributed by atoms with Crippen LogP contribution in [0.1, 0.15) is 12.8 Å². The highest BCUT2D eigenvalue weighted by atomic mass is 35.5. The summed E-state index contributed by atoms with van der Waals surface area (Å²) in [6.07, 6.45) is 4.29. The molecule has 0 radical (unpaired) electrons. The summed E-state index contributed by atoms with van der Waals surface area (Å²) in [5.41, 5.74) is 0. The predicted molar refractivity (Wildman–Crippen MR) is 92.3 cm³/mol. The van der Waals surface area contributed by atoms with Gasteiger partial charge in [0, 0.05) is 33.4 Å². The molecule has 7 heteroatoms. The van der Waals surface area contributed by atoms with Crippen LogP contribution in [0.2, 0.25) is 5.02 Å². The monoisotopic (exact) mass is 340 g/mol. The van der Waals surface area contributed by atoms with Crippen LogP contribution in [-0.4, -0.2) is 62.8 Å². The van der Waals surface area contributed by atoms with Gasteiger partial charge in [-0.2, -0.15) is 0 Å². The van der Waals surface area contributed by atoms with Gasteiger partial charge in [-0.25, -0.2) is 4.98 Å². The quantitative estimate of drug-likeness (QED) is 0.423. The summed E-state index contributed by atoms with van der Waals surface area (Å²) in [6.45, 7) is 3.49. The third-order valence-electron chi connectivity index (χ3n) is 3.54. The van der Waals surface area contributed by atoms with E-state index in [1.807, 2.05) is 11.9 Å². The topological polar surface area (TPSA) is 59.0 Å². The van der Waals surface area contributed by atoms with Crippen molar-refractivity contribution in [3.8, 4) is 5.88 Å². The van der Waals surface area contributed by atoms with Gasteiger partial charge in [0.15, 0.2) is 5.96 Å². The summed E-state index contributed by atoms with van der Waals surface area (Å²) < 4.78 is 11.2. The lowest BCUT2D eigenvalue weighted by Crippen LogP contribution is -2.42. The molecule has 1 aromatic rings. The van der Waals surface area contributed by atoms with Crippen LogP contribution in [0.4, 0.5) is 0 Å². The molecule has 1 heterocycles. The lowest BCUT2D eigenvalue weighted by atomic mass is 10.5. The van der Waals surface area contributed by atoms with Gasteiger partial charge in [-0.05, 0) is 30.9 Å². The standard InChI is InChI=1S/C16H25ClN4O2/c1-18-16(21(2)9-11-22-12-13-5-6-13)20-8-10-23-15-14(17)4-3-7-19-15/h3-4,7,13H,5-6,8-12H2,1-2H3,(H,18,20). The Labute approximate surface area is 142 Å². The third kappa shape index (κ3) is 6.62. The third-order valence-corrected chi connectivity index (χ3v) is 3.83. The molecule has 1 aromatic heterocycles. The first-order chi connectivity index (χ1) is 11.2. The zero-order valence-corrected chi connectivity index (χ0v) is 14.6. The maximum atomic E-state index is 5.99. The molecule has 6 nitrogen and oxygen atoms in total. The van der Waals surface area contributed by atoms with Crippen molar-refractivity contribution in [3.63, 3.8) is 0 Å². The minimum atomic E-state index is 0.452. The van der Waals surface area contributed by atoms with Gasteiger partial charge in [-0.15, -0.1) is 0 Å². The number of guanidine groups is 1. The summed E-state index contributed by atoms with van der Waals surface area (Å²) in [4.78, 5) is 10.4. The number of pyridine rings is 1. The molecule has 1 saturated carbocycles. The Morgan fingerprint density at radius 2 is 2.30 bits per heavy atom. The van der Waals surface area contributed by atoms with E-state index >= 15 is 0 Å². The fraction of sp³-hybridized carbons (Fsp3) is 0.625. The zero-order valence-electron chi connectivity index (χ0n) is 13.8. The number of ether oxygens (including phenoxy) is 2. The van der Waals surface area contributed by atoms with Crippen LogP contribution >= 0.6 is 11.6 Å². The lowest BCUT2D eigenvalue weighted by Gasteiger charge is -2.22. The second kappa shape index (κ2) is 9.57. The Bertz CT molecular complexity index is 509. The molecule has 0 amide bonds. The van der Waals surface area contributed by atoms with Crippen LogP contribution in [0.25, 0.3) is 0 Å². The molecule has 0 aliphatic heterocycles. The lowest BCUT2D eigenvalue weighted by molar-refractivity contribution is 0.115.